The third-order valence-corrected chi connectivity index (χ3v) is 7.28. The van der Waals surface area contributed by atoms with Gasteiger partial charge in [0.15, 0.2) is 4.80 Å². The largest absolute Gasteiger partial charge is 0.497 e. The number of carbonyl (C=O) groups is 1. The number of alkyl halides is 3. The van der Waals surface area contributed by atoms with Crippen LogP contribution in [0.15, 0.2) is 86.1 Å². The van der Waals surface area contributed by atoms with Crippen LogP contribution in [0.2, 0.25) is 0 Å². The molecule has 0 spiro atoms. The number of esters is 1. The summed E-state index contributed by atoms with van der Waals surface area (Å²) in [6.07, 6.45) is -2.98. The highest BCUT2D eigenvalue weighted by molar-refractivity contribution is 7.07. The lowest BCUT2D eigenvalue weighted by molar-refractivity contribution is -0.139. The van der Waals surface area contributed by atoms with E-state index in [1.807, 2.05) is 0 Å². The zero-order chi connectivity index (χ0) is 28.6. The number of hydrogen-bond acceptors (Lipinski definition) is 7. The standard InChI is InChI=1S/C29H23F3N2O5S/c1-4-38-27(36)24-16(2)33-28-34(25(24)18-8-6-10-20(14-18)37-3)26(35)23(40-28)15-21-11-12-22(39-21)17-7-5-9-19(13-17)29(30,31)32/h5-15,25H,4H2,1-3H3/b23-15-/t25-/m1/s1. The summed E-state index contributed by atoms with van der Waals surface area (Å²) in [5.41, 5.74) is 0.338. The Kier molecular flexibility index (Phi) is 7.24. The van der Waals surface area contributed by atoms with Crippen LogP contribution in [0.3, 0.4) is 0 Å². The van der Waals surface area contributed by atoms with Crippen molar-refractivity contribution in [1.29, 1.82) is 0 Å². The van der Waals surface area contributed by atoms with Crippen LogP contribution in [0.4, 0.5) is 13.2 Å². The van der Waals surface area contributed by atoms with E-state index in [0.29, 0.717) is 21.8 Å². The highest BCUT2D eigenvalue weighted by atomic mass is 32.1. The minimum atomic E-state index is -4.49. The minimum absolute atomic E-state index is 0.150. The molecule has 5 rings (SSSR count). The van der Waals surface area contributed by atoms with E-state index in [2.05, 4.69) is 4.99 Å². The van der Waals surface area contributed by atoms with Crippen LogP contribution in [-0.2, 0) is 15.7 Å². The second kappa shape index (κ2) is 10.6. The number of halogens is 3. The van der Waals surface area contributed by atoms with E-state index >= 15 is 0 Å². The quantitative estimate of drug-likeness (QED) is 0.303. The Balaban J connectivity index is 1.61. The molecule has 0 aliphatic carbocycles. The second-order valence-corrected chi connectivity index (χ2v) is 9.87. The van der Waals surface area contributed by atoms with Crippen molar-refractivity contribution in [3.8, 4) is 17.1 Å². The molecule has 0 saturated carbocycles. The molecular formula is C29H23F3N2O5S. The summed E-state index contributed by atoms with van der Waals surface area (Å²) in [6.45, 7) is 3.53. The number of fused-ring (bicyclic) bond motifs is 1. The fourth-order valence-corrected chi connectivity index (χ4v) is 5.51. The topological polar surface area (TPSA) is 83.0 Å². The highest BCUT2D eigenvalue weighted by Gasteiger charge is 2.34. The van der Waals surface area contributed by atoms with Crippen molar-refractivity contribution in [2.24, 2.45) is 4.99 Å². The molecule has 2 aromatic heterocycles. The Hall–Kier alpha value is -4.38. The fraction of sp³-hybridized carbons (Fsp3) is 0.207. The van der Waals surface area contributed by atoms with Crippen molar-refractivity contribution in [3.63, 3.8) is 0 Å². The van der Waals surface area contributed by atoms with Crippen LogP contribution < -0.4 is 19.6 Å². The molecule has 0 bridgehead atoms. The molecule has 40 heavy (non-hydrogen) atoms. The van der Waals surface area contributed by atoms with E-state index in [1.165, 1.54) is 29.9 Å². The maximum Gasteiger partial charge on any atom is 0.416 e. The first-order chi connectivity index (χ1) is 19.1. The van der Waals surface area contributed by atoms with Crippen LogP contribution in [0.25, 0.3) is 17.4 Å². The van der Waals surface area contributed by atoms with Gasteiger partial charge in [0.1, 0.15) is 17.3 Å². The van der Waals surface area contributed by atoms with Crippen LogP contribution >= 0.6 is 11.3 Å². The molecule has 1 aliphatic heterocycles. The molecule has 0 amide bonds. The third-order valence-electron chi connectivity index (χ3n) is 6.30. The Morgan fingerprint density at radius 3 is 2.65 bits per heavy atom. The second-order valence-electron chi connectivity index (χ2n) is 8.86. The van der Waals surface area contributed by atoms with E-state index in [-0.39, 0.29) is 33.8 Å². The zero-order valence-corrected chi connectivity index (χ0v) is 22.4. The predicted octanol–water partition coefficient (Wildman–Crippen LogP) is 5.09. The Morgan fingerprint density at radius 1 is 1.15 bits per heavy atom. The molecule has 1 atom stereocenters. The first-order valence-electron chi connectivity index (χ1n) is 12.2. The van der Waals surface area contributed by atoms with Crippen molar-refractivity contribution in [2.45, 2.75) is 26.1 Å². The Morgan fingerprint density at radius 2 is 1.93 bits per heavy atom. The monoisotopic (exact) mass is 568 g/mol. The molecule has 2 aromatic carbocycles. The molecule has 7 nitrogen and oxygen atoms in total. The van der Waals surface area contributed by atoms with Gasteiger partial charge in [-0.15, -0.1) is 0 Å². The molecule has 0 radical (unpaired) electrons. The third kappa shape index (κ3) is 5.12. The molecule has 4 aromatic rings. The van der Waals surface area contributed by atoms with Gasteiger partial charge >= 0.3 is 12.1 Å². The van der Waals surface area contributed by atoms with Crippen molar-refractivity contribution in [2.75, 3.05) is 13.7 Å². The normalized spacial score (nSPS) is 15.6. The van der Waals surface area contributed by atoms with Crippen LogP contribution in [0, 0.1) is 0 Å². The molecule has 0 N–H and O–H groups in total. The van der Waals surface area contributed by atoms with Gasteiger partial charge in [-0.1, -0.05) is 35.6 Å². The Bertz CT molecular complexity index is 1810. The lowest BCUT2D eigenvalue weighted by atomic mass is 9.95. The number of aromatic nitrogens is 1. The summed E-state index contributed by atoms with van der Waals surface area (Å²) in [4.78, 5) is 31.6. The lowest BCUT2D eigenvalue weighted by Crippen LogP contribution is -2.39. The number of nitrogens with zero attached hydrogens (tertiary/aromatic N) is 2. The van der Waals surface area contributed by atoms with Crippen LogP contribution in [-0.4, -0.2) is 24.3 Å². The van der Waals surface area contributed by atoms with E-state index in [1.54, 1.807) is 50.2 Å². The number of furan rings is 1. The van der Waals surface area contributed by atoms with Crippen LogP contribution in [0.5, 0.6) is 5.75 Å². The van der Waals surface area contributed by atoms with Crippen molar-refractivity contribution in [3.05, 3.63) is 109 Å². The molecule has 0 saturated heterocycles. The van der Waals surface area contributed by atoms with Gasteiger partial charge in [0.05, 0.1) is 41.1 Å². The molecule has 0 fully saturated rings. The first-order valence-corrected chi connectivity index (χ1v) is 13.0. The summed E-state index contributed by atoms with van der Waals surface area (Å²) >= 11 is 1.11. The van der Waals surface area contributed by atoms with Gasteiger partial charge in [-0.2, -0.15) is 13.2 Å². The first kappa shape index (κ1) is 27.2. The smallest absolute Gasteiger partial charge is 0.416 e. The van der Waals surface area contributed by atoms with Crippen molar-refractivity contribution >= 4 is 23.4 Å². The number of allylic oxidation sites excluding steroid dienone is 1. The van der Waals surface area contributed by atoms with E-state index in [0.717, 1.165) is 23.5 Å². The van der Waals surface area contributed by atoms with Gasteiger partial charge < -0.3 is 13.9 Å². The van der Waals surface area contributed by atoms with Gasteiger partial charge in [0, 0.05) is 11.6 Å². The number of ether oxygens (including phenoxy) is 2. The SMILES string of the molecule is CCOC(=O)C1=C(C)N=c2s/c(=C\c3ccc(-c4cccc(C(F)(F)F)c4)o3)c(=O)n2[C@@H]1c1cccc(OC)c1. The van der Waals surface area contributed by atoms with Gasteiger partial charge in [-0.25, -0.2) is 9.79 Å². The average molecular weight is 569 g/mol. The van der Waals surface area contributed by atoms with E-state index in [9.17, 15) is 22.8 Å². The minimum Gasteiger partial charge on any atom is -0.497 e. The van der Waals surface area contributed by atoms with Crippen LogP contribution in [0.1, 0.15) is 36.8 Å². The number of hydrogen-bond donors (Lipinski definition) is 0. The van der Waals surface area contributed by atoms with Gasteiger partial charge in [-0.3, -0.25) is 9.36 Å². The number of carbonyl (C=O) groups excluding carboxylic acids is 1. The summed E-state index contributed by atoms with van der Waals surface area (Å²) in [7, 11) is 1.52. The van der Waals surface area contributed by atoms with Gasteiger partial charge in [0.25, 0.3) is 5.56 Å². The average Bonchev–Trinajstić information content (AvgIpc) is 3.52. The number of benzene rings is 2. The molecular weight excluding hydrogens is 545 g/mol. The lowest BCUT2D eigenvalue weighted by Gasteiger charge is -2.24. The molecule has 206 valence electrons. The zero-order valence-electron chi connectivity index (χ0n) is 21.6. The number of rotatable bonds is 6. The summed E-state index contributed by atoms with van der Waals surface area (Å²) in [6, 6.07) is 14.2. The number of methoxy groups -OCH3 is 1. The van der Waals surface area contributed by atoms with E-state index in [4.69, 9.17) is 13.9 Å². The maximum absolute atomic E-state index is 13.7. The van der Waals surface area contributed by atoms with Gasteiger partial charge in [-0.05, 0) is 55.8 Å². The molecule has 0 unspecified atom stereocenters. The van der Waals surface area contributed by atoms with Crippen molar-refractivity contribution in [1.82, 2.24) is 4.57 Å². The molecule has 11 heteroatoms. The highest BCUT2D eigenvalue weighted by Crippen LogP contribution is 2.34. The fourth-order valence-electron chi connectivity index (χ4n) is 4.48. The maximum atomic E-state index is 13.7. The molecule has 1 aliphatic rings. The van der Waals surface area contributed by atoms with Gasteiger partial charge in [0.2, 0.25) is 0 Å². The van der Waals surface area contributed by atoms with Crippen molar-refractivity contribution < 1.29 is 31.9 Å². The summed E-state index contributed by atoms with van der Waals surface area (Å²) < 4.78 is 57.6. The number of thiazole rings is 1. The molecule has 3 heterocycles. The van der Waals surface area contributed by atoms with E-state index < -0.39 is 29.3 Å². The summed E-state index contributed by atoms with van der Waals surface area (Å²) in [5.74, 6) is 0.467. The Labute approximate surface area is 230 Å². The predicted molar refractivity (Wildman–Crippen MR) is 143 cm³/mol. The summed E-state index contributed by atoms with van der Waals surface area (Å²) in [5, 5.41) is 0.